The number of hydrogen-bond donors (Lipinski definition) is 0. The zero-order chi connectivity index (χ0) is 31.1. The highest BCUT2D eigenvalue weighted by Gasteiger charge is 1.89. The van der Waals surface area contributed by atoms with Crippen molar-refractivity contribution in [2.75, 3.05) is 35.5 Å². The molecule has 0 aromatic carbocycles. The maximum Gasteiger partial charge on any atom is 0.403 e. The molecule has 0 aliphatic heterocycles. The number of ether oxygens (including phenoxy) is 5. The number of methoxy groups -OCH3 is 5. The SMILES string of the molecule is C=C=C.C=C=C.C=C=C.C=C=CC(=O)OC.COC(=O)C=C=CC(=O)OC.COC(=O)Cl.COC(=O)Cl. The molecule has 0 bridgehead atoms. The minimum atomic E-state index is -0.773. The molecule has 0 aliphatic rings. The summed E-state index contributed by atoms with van der Waals surface area (Å²) >= 11 is 9.20. The van der Waals surface area contributed by atoms with Gasteiger partial charge < -0.3 is 23.7 Å². The normalized spacial score (nSPS) is 5.92. The van der Waals surface area contributed by atoms with Crippen molar-refractivity contribution >= 4 is 52.0 Å². The Labute approximate surface area is 228 Å². The van der Waals surface area contributed by atoms with Crippen LogP contribution in [0.4, 0.5) is 9.59 Å². The van der Waals surface area contributed by atoms with Crippen molar-refractivity contribution in [1.29, 1.82) is 0 Å². The summed E-state index contributed by atoms with van der Waals surface area (Å²) in [7, 11) is 6.21. The van der Waals surface area contributed by atoms with E-state index in [9.17, 15) is 24.0 Å². The molecule has 0 heterocycles. The van der Waals surface area contributed by atoms with Crippen molar-refractivity contribution < 1.29 is 47.7 Å². The summed E-state index contributed by atoms with van der Waals surface area (Å²) in [5.41, 5.74) is 9.76. The fourth-order valence-corrected chi connectivity index (χ4v) is 0.438. The van der Waals surface area contributed by atoms with Gasteiger partial charge in [-0.2, -0.15) is 0 Å². The van der Waals surface area contributed by atoms with E-state index in [0.717, 1.165) is 18.2 Å². The van der Waals surface area contributed by atoms with Crippen molar-refractivity contribution in [3.63, 3.8) is 0 Å². The van der Waals surface area contributed by atoms with E-state index >= 15 is 0 Å². The lowest BCUT2D eigenvalue weighted by Gasteiger charge is -1.86. The highest BCUT2D eigenvalue weighted by Crippen LogP contribution is 1.79. The second-order valence-electron chi connectivity index (χ2n) is 4.01. The van der Waals surface area contributed by atoms with E-state index in [1.54, 1.807) is 0 Å². The Morgan fingerprint density at radius 2 is 0.703 bits per heavy atom. The molecule has 0 aromatic heterocycles. The number of carbonyl (C=O) groups is 5. The molecule has 0 amide bonds. The molecule has 0 atom stereocenters. The smallest absolute Gasteiger partial charge is 0.403 e. The van der Waals surface area contributed by atoms with Gasteiger partial charge in [-0.05, 0) is 0 Å². The molecule has 206 valence electrons. The largest absolute Gasteiger partial charge is 0.465 e. The Bertz CT molecular complexity index is 780. The molecule has 12 heteroatoms. The third kappa shape index (κ3) is 130. The van der Waals surface area contributed by atoms with Crippen LogP contribution in [-0.2, 0) is 38.1 Å². The number of halogens is 2. The van der Waals surface area contributed by atoms with Gasteiger partial charge in [-0.3, -0.25) is 0 Å². The first-order valence-corrected chi connectivity index (χ1v) is 9.42. The van der Waals surface area contributed by atoms with Gasteiger partial charge in [0.05, 0.1) is 53.8 Å². The second-order valence-corrected chi connectivity index (χ2v) is 4.62. The van der Waals surface area contributed by atoms with Crippen LogP contribution in [0.1, 0.15) is 0 Å². The Hall–Kier alpha value is -4.47. The molecule has 0 spiro atoms. The Kier molecular flexibility index (Phi) is 71.2. The third-order valence-corrected chi connectivity index (χ3v) is 1.86. The molecule has 0 N–H and O–H groups in total. The van der Waals surface area contributed by atoms with Crippen LogP contribution in [0.15, 0.2) is 92.9 Å². The van der Waals surface area contributed by atoms with Gasteiger partial charge in [0.15, 0.2) is 0 Å². The average molecular weight is 563 g/mol. The lowest BCUT2D eigenvalue weighted by molar-refractivity contribution is -0.135. The zero-order valence-corrected chi connectivity index (χ0v) is 23.0. The lowest BCUT2D eigenvalue weighted by atomic mass is 10.5. The van der Waals surface area contributed by atoms with E-state index in [1.807, 2.05) is 0 Å². The molecule has 0 unspecified atom stereocenters. The molecule has 0 aromatic rings. The van der Waals surface area contributed by atoms with E-state index in [2.05, 4.69) is 122 Å². The van der Waals surface area contributed by atoms with Crippen molar-refractivity contribution in [3.8, 4) is 0 Å². The predicted molar refractivity (Wildman–Crippen MR) is 143 cm³/mol. The Balaban J connectivity index is -0.0000000607. The summed E-state index contributed by atoms with van der Waals surface area (Å²) in [5.74, 6) is -1.55. The highest BCUT2D eigenvalue weighted by atomic mass is 35.5. The van der Waals surface area contributed by atoms with Gasteiger partial charge in [0.1, 0.15) is 0 Å². The monoisotopic (exact) mass is 562 g/mol. The van der Waals surface area contributed by atoms with Crippen LogP contribution in [-0.4, -0.2) is 64.3 Å². The molecule has 10 nitrogen and oxygen atoms in total. The van der Waals surface area contributed by atoms with Crippen LogP contribution in [0.5, 0.6) is 0 Å². The van der Waals surface area contributed by atoms with E-state index in [4.69, 9.17) is 0 Å². The molecule has 37 heavy (non-hydrogen) atoms. The lowest BCUT2D eigenvalue weighted by Crippen LogP contribution is -1.94. The minimum absolute atomic E-state index is 0.421. The fraction of sp³-hybridized carbons (Fsp3) is 0.200. The van der Waals surface area contributed by atoms with Crippen LogP contribution in [0.2, 0.25) is 0 Å². The maximum atomic E-state index is 10.4. The van der Waals surface area contributed by atoms with E-state index in [-0.39, 0.29) is 0 Å². The third-order valence-electron chi connectivity index (χ3n) is 1.55. The molecule has 0 fully saturated rings. The number of hydrogen-bond acceptors (Lipinski definition) is 10. The molecule has 0 aliphatic carbocycles. The average Bonchev–Trinajstić information content (AvgIpc) is 2.86. The topological polar surface area (TPSA) is 132 Å². The van der Waals surface area contributed by atoms with Crippen LogP contribution >= 0.6 is 23.2 Å². The Morgan fingerprint density at radius 1 is 0.514 bits per heavy atom. The quantitative estimate of drug-likeness (QED) is 0.145. The van der Waals surface area contributed by atoms with Crippen LogP contribution in [0.3, 0.4) is 0 Å². The summed E-state index contributed by atoms with van der Waals surface area (Å²) in [6.45, 7) is 21.9. The van der Waals surface area contributed by atoms with Gasteiger partial charge in [0.2, 0.25) is 0 Å². The highest BCUT2D eigenvalue weighted by molar-refractivity contribution is 6.61. The summed E-state index contributed by atoms with van der Waals surface area (Å²) in [6.07, 6.45) is 3.12. The summed E-state index contributed by atoms with van der Waals surface area (Å²) in [6, 6.07) is 0. The van der Waals surface area contributed by atoms with Gasteiger partial charge in [0, 0.05) is 23.2 Å². The number of carbonyl (C=O) groups excluding carboxylic acids is 5. The first kappa shape index (κ1) is 49.6. The molecule has 0 saturated carbocycles. The minimum Gasteiger partial charge on any atom is -0.465 e. The van der Waals surface area contributed by atoms with E-state index in [0.29, 0.717) is 0 Å². The zero-order valence-electron chi connectivity index (χ0n) is 21.5. The summed E-state index contributed by atoms with van der Waals surface area (Å²) in [4.78, 5) is 49.5. The Morgan fingerprint density at radius 3 is 0.811 bits per heavy atom. The molecular formula is C25H32Cl2O10. The van der Waals surface area contributed by atoms with Gasteiger partial charge >= 0.3 is 28.8 Å². The standard InChI is InChI=1S/C7H8O4.C5H6O2.3C3H4.2C2H3ClO2/c1-10-6(8)4-3-5-7(9)11-2;1-3-4-5(6)7-2;3*1-3-2;2*1-5-2(3)4/h4-5H,1-2H3;4H,1H2,2H3;3*1-2H2;2*1H3. The molecule has 0 rings (SSSR count). The first-order valence-electron chi connectivity index (χ1n) is 8.67. The van der Waals surface area contributed by atoms with Crippen molar-refractivity contribution in [3.05, 3.63) is 92.9 Å². The molecular weight excluding hydrogens is 531 g/mol. The summed E-state index contributed by atoms with van der Waals surface area (Å²) < 4.78 is 20.4. The fourth-order valence-electron chi connectivity index (χ4n) is 0.438. The van der Waals surface area contributed by atoms with Crippen molar-refractivity contribution in [1.82, 2.24) is 0 Å². The first-order chi connectivity index (χ1) is 17.3. The van der Waals surface area contributed by atoms with Crippen LogP contribution < -0.4 is 0 Å². The van der Waals surface area contributed by atoms with Crippen molar-refractivity contribution in [2.45, 2.75) is 0 Å². The van der Waals surface area contributed by atoms with Gasteiger partial charge in [-0.25, -0.2) is 24.0 Å². The van der Waals surface area contributed by atoms with Gasteiger partial charge in [-0.15, -0.1) is 28.7 Å². The number of rotatable bonds is 3. The summed E-state index contributed by atoms with van der Waals surface area (Å²) in [5, 5.41) is 0. The molecule has 0 saturated heterocycles. The van der Waals surface area contributed by atoms with Crippen LogP contribution in [0, 0.1) is 0 Å². The predicted octanol–water partition coefficient (Wildman–Crippen LogP) is 5.40. The second kappa shape index (κ2) is 53.1. The van der Waals surface area contributed by atoms with E-state index < -0.39 is 28.8 Å². The maximum absolute atomic E-state index is 10.4. The van der Waals surface area contributed by atoms with Gasteiger partial charge in [0.25, 0.3) is 0 Å². The molecule has 0 radical (unpaired) electrons. The van der Waals surface area contributed by atoms with E-state index in [1.165, 1.54) is 35.5 Å². The van der Waals surface area contributed by atoms with Gasteiger partial charge in [-0.1, -0.05) is 46.1 Å². The van der Waals surface area contributed by atoms with Crippen molar-refractivity contribution in [2.24, 2.45) is 0 Å². The number of esters is 3. The van der Waals surface area contributed by atoms with Crippen LogP contribution in [0.25, 0.3) is 0 Å².